The molecule has 0 saturated carbocycles. The summed E-state index contributed by atoms with van der Waals surface area (Å²) in [5.74, 6) is 0.276. The van der Waals surface area contributed by atoms with E-state index in [2.05, 4.69) is 12.2 Å². The zero-order chi connectivity index (χ0) is 8.97. The predicted octanol–water partition coefficient (Wildman–Crippen LogP) is 0.954. The standard InChI is InChI=1S/C9H18N2O/c1-3-9(12)11-7-5-6-8(11)10-4-2/h8,10H,3-7H2,1-2H3. The summed E-state index contributed by atoms with van der Waals surface area (Å²) in [5, 5.41) is 3.31. The lowest BCUT2D eigenvalue weighted by Gasteiger charge is -2.24. The summed E-state index contributed by atoms with van der Waals surface area (Å²) in [5.41, 5.74) is 0. The third-order valence-electron chi connectivity index (χ3n) is 2.32. The van der Waals surface area contributed by atoms with Crippen molar-refractivity contribution in [1.29, 1.82) is 0 Å². The summed E-state index contributed by atoms with van der Waals surface area (Å²) in [6.07, 6.45) is 3.19. The smallest absolute Gasteiger partial charge is 0.223 e. The molecule has 1 N–H and O–H groups in total. The lowest BCUT2D eigenvalue weighted by Crippen LogP contribution is -2.44. The highest BCUT2D eigenvalue weighted by molar-refractivity contribution is 5.76. The highest BCUT2D eigenvalue weighted by Gasteiger charge is 2.26. The van der Waals surface area contributed by atoms with Crippen LogP contribution < -0.4 is 5.32 Å². The molecule has 1 rings (SSSR count). The van der Waals surface area contributed by atoms with E-state index < -0.39 is 0 Å². The van der Waals surface area contributed by atoms with E-state index in [1.807, 2.05) is 11.8 Å². The average Bonchev–Trinajstić information content (AvgIpc) is 2.52. The number of rotatable bonds is 3. The second-order valence-corrected chi connectivity index (χ2v) is 3.16. The van der Waals surface area contributed by atoms with Crippen molar-refractivity contribution in [1.82, 2.24) is 10.2 Å². The summed E-state index contributed by atoms with van der Waals surface area (Å²) >= 11 is 0. The fourth-order valence-electron chi connectivity index (χ4n) is 1.72. The van der Waals surface area contributed by atoms with E-state index in [0.717, 1.165) is 25.9 Å². The Morgan fingerprint density at radius 2 is 2.33 bits per heavy atom. The number of nitrogens with zero attached hydrogens (tertiary/aromatic N) is 1. The molecule has 0 aliphatic carbocycles. The van der Waals surface area contributed by atoms with Gasteiger partial charge in [-0.1, -0.05) is 13.8 Å². The monoisotopic (exact) mass is 170 g/mol. The molecule has 0 aromatic heterocycles. The van der Waals surface area contributed by atoms with Crippen LogP contribution in [0.1, 0.15) is 33.1 Å². The molecule has 3 heteroatoms. The van der Waals surface area contributed by atoms with E-state index in [1.54, 1.807) is 0 Å². The normalized spacial score (nSPS) is 23.2. The molecule has 0 aromatic rings. The largest absolute Gasteiger partial charge is 0.327 e. The summed E-state index contributed by atoms with van der Waals surface area (Å²) in [6.45, 7) is 5.87. The first-order valence-electron chi connectivity index (χ1n) is 4.82. The van der Waals surface area contributed by atoms with E-state index >= 15 is 0 Å². The maximum Gasteiger partial charge on any atom is 0.223 e. The quantitative estimate of drug-likeness (QED) is 0.684. The molecule has 3 nitrogen and oxygen atoms in total. The van der Waals surface area contributed by atoms with Crippen LogP contribution in [-0.2, 0) is 4.79 Å². The first-order valence-corrected chi connectivity index (χ1v) is 4.82. The van der Waals surface area contributed by atoms with Crippen LogP contribution in [0, 0.1) is 0 Å². The molecular formula is C9H18N2O. The summed E-state index contributed by atoms with van der Waals surface area (Å²) in [4.78, 5) is 13.3. The molecule has 1 unspecified atom stereocenters. The van der Waals surface area contributed by atoms with Crippen molar-refractivity contribution >= 4 is 5.91 Å². The van der Waals surface area contributed by atoms with Gasteiger partial charge in [0, 0.05) is 13.0 Å². The van der Waals surface area contributed by atoms with Crippen LogP contribution in [0.5, 0.6) is 0 Å². The van der Waals surface area contributed by atoms with Crippen LogP contribution in [0.25, 0.3) is 0 Å². The van der Waals surface area contributed by atoms with Gasteiger partial charge in [0.1, 0.15) is 0 Å². The van der Waals surface area contributed by atoms with Crippen molar-refractivity contribution in [2.24, 2.45) is 0 Å². The van der Waals surface area contributed by atoms with Crippen LogP contribution >= 0.6 is 0 Å². The van der Waals surface area contributed by atoms with E-state index in [4.69, 9.17) is 0 Å². The van der Waals surface area contributed by atoms with Gasteiger partial charge in [-0.3, -0.25) is 10.1 Å². The molecule has 1 aliphatic rings. The minimum Gasteiger partial charge on any atom is -0.327 e. The Kier molecular flexibility index (Phi) is 3.53. The molecule has 1 heterocycles. The maximum absolute atomic E-state index is 11.4. The van der Waals surface area contributed by atoms with Crippen molar-refractivity contribution in [2.45, 2.75) is 39.3 Å². The van der Waals surface area contributed by atoms with Gasteiger partial charge in [0.05, 0.1) is 6.17 Å². The number of carbonyl (C=O) groups excluding carboxylic acids is 1. The van der Waals surface area contributed by atoms with E-state index in [1.165, 1.54) is 0 Å². The molecular weight excluding hydrogens is 152 g/mol. The Labute approximate surface area is 74.1 Å². The Morgan fingerprint density at radius 1 is 1.58 bits per heavy atom. The van der Waals surface area contributed by atoms with Gasteiger partial charge in [-0.25, -0.2) is 0 Å². The molecule has 0 spiro atoms. The van der Waals surface area contributed by atoms with Gasteiger partial charge in [0.25, 0.3) is 0 Å². The number of nitrogens with one attached hydrogen (secondary N) is 1. The first kappa shape index (κ1) is 9.52. The van der Waals surface area contributed by atoms with E-state index in [9.17, 15) is 4.79 Å². The number of hydrogen-bond acceptors (Lipinski definition) is 2. The average molecular weight is 170 g/mol. The summed E-state index contributed by atoms with van der Waals surface area (Å²) in [7, 11) is 0. The van der Waals surface area contributed by atoms with Crippen molar-refractivity contribution in [3.8, 4) is 0 Å². The molecule has 1 saturated heterocycles. The molecule has 12 heavy (non-hydrogen) atoms. The number of likely N-dealkylation sites (tertiary alicyclic amines) is 1. The Hall–Kier alpha value is -0.570. The minimum absolute atomic E-state index is 0.276. The number of carbonyl (C=O) groups is 1. The molecule has 1 amide bonds. The van der Waals surface area contributed by atoms with Gasteiger partial charge < -0.3 is 4.90 Å². The third-order valence-corrected chi connectivity index (χ3v) is 2.32. The second kappa shape index (κ2) is 4.45. The number of amides is 1. The van der Waals surface area contributed by atoms with E-state index in [0.29, 0.717) is 12.6 Å². The number of hydrogen-bond donors (Lipinski definition) is 1. The molecule has 1 atom stereocenters. The zero-order valence-corrected chi connectivity index (χ0v) is 7.97. The predicted molar refractivity (Wildman–Crippen MR) is 48.7 cm³/mol. The fraction of sp³-hybridized carbons (Fsp3) is 0.889. The molecule has 0 aromatic carbocycles. The second-order valence-electron chi connectivity index (χ2n) is 3.16. The molecule has 70 valence electrons. The van der Waals surface area contributed by atoms with Gasteiger partial charge in [-0.2, -0.15) is 0 Å². The lowest BCUT2D eigenvalue weighted by atomic mass is 10.3. The first-order chi connectivity index (χ1) is 5.79. The Bertz CT molecular complexity index is 159. The van der Waals surface area contributed by atoms with Gasteiger partial charge in [-0.05, 0) is 19.4 Å². The Balaban J connectivity index is 2.45. The molecule has 0 bridgehead atoms. The van der Waals surface area contributed by atoms with Crippen molar-refractivity contribution < 1.29 is 4.79 Å². The fourth-order valence-corrected chi connectivity index (χ4v) is 1.72. The van der Waals surface area contributed by atoms with Gasteiger partial charge >= 0.3 is 0 Å². The van der Waals surface area contributed by atoms with Crippen LogP contribution in [0.3, 0.4) is 0 Å². The van der Waals surface area contributed by atoms with Gasteiger partial charge in [0.15, 0.2) is 0 Å². The highest BCUT2D eigenvalue weighted by Crippen LogP contribution is 2.15. The third kappa shape index (κ3) is 1.97. The van der Waals surface area contributed by atoms with E-state index in [-0.39, 0.29) is 5.91 Å². The van der Waals surface area contributed by atoms with Gasteiger partial charge in [0.2, 0.25) is 5.91 Å². The lowest BCUT2D eigenvalue weighted by molar-refractivity contribution is -0.132. The topological polar surface area (TPSA) is 32.3 Å². The molecule has 1 fully saturated rings. The highest BCUT2D eigenvalue weighted by atomic mass is 16.2. The SMILES string of the molecule is CCNC1CCCN1C(=O)CC. The summed E-state index contributed by atoms with van der Waals surface area (Å²) < 4.78 is 0. The van der Waals surface area contributed by atoms with Crippen LogP contribution in [-0.4, -0.2) is 30.1 Å². The summed E-state index contributed by atoms with van der Waals surface area (Å²) in [6, 6.07) is 0. The minimum atomic E-state index is 0.276. The van der Waals surface area contributed by atoms with Crippen molar-refractivity contribution in [3.05, 3.63) is 0 Å². The van der Waals surface area contributed by atoms with Crippen LogP contribution in [0.2, 0.25) is 0 Å². The maximum atomic E-state index is 11.4. The Morgan fingerprint density at radius 3 is 2.92 bits per heavy atom. The van der Waals surface area contributed by atoms with Crippen molar-refractivity contribution in [3.63, 3.8) is 0 Å². The van der Waals surface area contributed by atoms with Crippen molar-refractivity contribution in [2.75, 3.05) is 13.1 Å². The van der Waals surface area contributed by atoms with Crippen LogP contribution in [0.15, 0.2) is 0 Å². The van der Waals surface area contributed by atoms with Crippen LogP contribution in [0.4, 0.5) is 0 Å². The molecule has 1 aliphatic heterocycles. The molecule has 0 radical (unpaired) electrons. The zero-order valence-electron chi connectivity index (χ0n) is 7.97. The van der Waals surface area contributed by atoms with Gasteiger partial charge in [-0.15, -0.1) is 0 Å².